The molecule has 0 atom stereocenters. The van der Waals surface area contributed by atoms with Crippen molar-refractivity contribution in [2.24, 2.45) is 0 Å². The van der Waals surface area contributed by atoms with Crippen molar-refractivity contribution in [1.82, 2.24) is 0 Å². The first-order chi connectivity index (χ1) is 8.56. The molecule has 0 radical (unpaired) electrons. The number of halogens is 1. The molecular formula is C15H16BrNO. The second kappa shape index (κ2) is 5.44. The molecule has 0 spiro atoms. The number of nitrogens with zero attached hydrogens (tertiary/aromatic N) is 1. The molecule has 0 fully saturated rings. The van der Waals surface area contributed by atoms with Crippen molar-refractivity contribution in [3.05, 3.63) is 58.1 Å². The van der Waals surface area contributed by atoms with Gasteiger partial charge in [-0.05, 0) is 42.8 Å². The number of phenolic OH excluding ortho intramolecular Hbond substituents is 1. The maximum absolute atomic E-state index is 9.52. The van der Waals surface area contributed by atoms with Crippen molar-refractivity contribution >= 4 is 21.6 Å². The van der Waals surface area contributed by atoms with Gasteiger partial charge in [-0.1, -0.05) is 33.6 Å². The first kappa shape index (κ1) is 13.0. The Morgan fingerprint density at radius 2 is 1.78 bits per heavy atom. The van der Waals surface area contributed by atoms with Crippen LogP contribution in [0.5, 0.6) is 5.75 Å². The van der Waals surface area contributed by atoms with Crippen molar-refractivity contribution in [3.8, 4) is 5.75 Å². The van der Waals surface area contributed by atoms with Crippen LogP contribution in [0.1, 0.15) is 11.1 Å². The summed E-state index contributed by atoms with van der Waals surface area (Å²) in [6.07, 6.45) is 0. The highest BCUT2D eigenvalue weighted by molar-refractivity contribution is 9.10. The van der Waals surface area contributed by atoms with Gasteiger partial charge in [0, 0.05) is 23.8 Å². The summed E-state index contributed by atoms with van der Waals surface area (Å²) >= 11 is 3.51. The van der Waals surface area contributed by atoms with Crippen LogP contribution in [-0.4, -0.2) is 12.2 Å². The van der Waals surface area contributed by atoms with Crippen LogP contribution < -0.4 is 4.90 Å². The van der Waals surface area contributed by atoms with E-state index in [2.05, 4.69) is 52.0 Å². The maximum atomic E-state index is 9.52. The number of phenols is 1. The van der Waals surface area contributed by atoms with E-state index in [9.17, 15) is 5.11 Å². The average Bonchev–Trinajstić information content (AvgIpc) is 2.34. The van der Waals surface area contributed by atoms with Crippen LogP contribution in [0.4, 0.5) is 5.69 Å². The summed E-state index contributed by atoms with van der Waals surface area (Å²) in [5, 5.41) is 9.52. The van der Waals surface area contributed by atoms with Gasteiger partial charge in [0.25, 0.3) is 0 Å². The van der Waals surface area contributed by atoms with Gasteiger partial charge in [0.1, 0.15) is 5.75 Å². The van der Waals surface area contributed by atoms with E-state index in [1.54, 1.807) is 12.1 Å². The molecule has 2 nitrogen and oxygen atoms in total. The fourth-order valence-corrected chi connectivity index (χ4v) is 2.20. The van der Waals surface area contributed by atoms with Crippen LogP contribution in [0.25, 0.3) is 0 Å². The summed E-state index contributed by atoms with van der Waals surface area (Å²) in [4.78, 5) is 2.15. The lowest BCUT2D eigenvalue weighted by molar-refractivity contribution is 0.474. The highest BCUT2D eigenvalue weighted by Gasteiger charge is 2.06. The van der Waals surface area contributed by atoms with Crippen molar-refractivity contribution in [2.45, 2.75) is 13.5 Å². The molecule has 0 aromatic heterocycles. The van der Waals surface area contributed by atoms with Crippen molar-refractivity contribution in [1.29, 1.82) is 0 Å². The first-order valence-electron chi connectivity index (χ1n) is 5.81. The smallest absolute Gasteiger partial charge is 0.115 e. The largest absolute Gasteiger partial charge is 0.508 e. The lowest BCUT2D eigenvalue weighted by Crippen LogP contribution is -2.16. The van der Waals surface area contributed by atoms with E-state index in [1.165, 1.54) is 5.56 Å². The van der Waals surface area contributed by atoms with Crippen molar-refractivity contribution < 1.29 is 5.11 Å². The Morgan fingerprint density at radius 1 is 1.11 bits per heavy atom. The van der Waals surface area contributed by atoms with E-state index in [4.69, 9.17) is 0 Å². The molecule has 0 aliphatic rings. The zero-order valence-electron chi connectivity index (χ0n) is 10.5. The number of aromatic hydroxyl groups is 1. The topological polar surface area (TPSA) is 23.5 Å². The Labute approximate surface area is 116 Å². The van der Waals surface area contributed by atoms with Gasteiger partial charge in [0.2, 0.25) is 0 Å². The third-order valence-corrected chi connectivity index (χ3v) is 3.69. The van der Waals surface area contributed by atoms with Gasteiger partial charge < -0.3 is 10.0 Å². The van der Waals surface area contributed by atoms with Crippen LogP contribution in [0, 0.1) is 6.92 Å². The van der Waals surface area contributed by atoms with Crippen LogP contribution in [0.15, 0.2) is 46.9 Å². The number of aryl methyl sites for hydroxylation is 1. The van der Waals surface area contributed by atoms with Gasteiger partial charge in [0.15, 0.2) is 0 Å². The Balaban J connectivity index is 2.18. The Kier molecular flexibility index (Phi) is 3.92. The van der Waals surface area contributed by atoms with Gasteiger partial charge in [-0.3, -0.25) is 0 Å². The molecule has 94 valence electrons. The van der Waals surface area contributed by atoms with E-state index < -0.39 is 0 Å². The lowest BCUT2D eigenvalue weighted by atomic mass is 10.1. The zero-order chi connectivity index (χ0) is 13.1. The second-order valence-corrected chi connectivity index (χ2v) is 5.32. The van der Waals surface area contributed by atoms with E-state index in [0.717, 1.165) is 22.3 Å². The van der Waals surface area contributed by atoms with Gasteiger partial charge in [-0.25, -0.2) is 0 Å². The summed E-state index contributed by atoms with van der Waals surface area (Å²) in [6.45, 7) is 2.83. The lowest BCUT2D eigenvalue weighted by Gasteiger charge is -2.20. The minimum Gasteiger partial charge on any atom is -0.508 e. The molecular weight excluding hydrogens is 290 g/mol. The number of benzene rings is 2. The van der Waals surface area contributed by atoms with E-state index in [0.29, 0.717) is 5.75 Å². The molecule has 0 aliphatic heterocycles. The fourth-order valence-electron chi connectivity index (χ4n) is 1.83. The summed E-state index contributed by atoms with van der Waals surface area (Å²) < 4.78 is 1.01. The Morgan fingerprint density at radius 3 is 2.44 bits per heavy atom. The summed E-state index contributed by atoms with van der Waals surface area (Å²) in [5.41, 5.74) is 3.49. The number of hydrogen-bond donors (Lipinski definition) is 1. The molecule has 0 unspecified atom stereocenters. The third-order valence-electron chi connectivity index (χ3n) is 2.91. The monoisotopic (exact) mass is 305 g/mol. The SMILES string of the molecule is Cc1ccc(N(C)Cc2cc(O)ccc2Br)cc1. The maximum Gasteiger partial charge on any atom is 0.115 e. The molecule has 1 N–H and O–H groups in total. The minimum absolute atomic E-state index is 0.297. The van der Waals surface area contributed by atoms with Crippen LogP contribution >= 0.6 is 15.9 Å². The van der Waals surface area contributed by atoms with Crippen molar-refractivity contribution in [2.75, 3.05) is 11.9 Å². The van der Waals surface area contributed by atoms with E-state index in [-0.39, 0.29) is 0 Å². The summed E-state index contributed by atoms with van der Waals surface area (Å²) in [6, 6.07) is 13.7. The average molecular weight is 306 g/mol. The molecule has 0 aliphatic carbocycles. The molecule has 0 saturated carbocycles. The normalized spacial score (nSPS) is 10.4. The van der Waals surface area contributed by atoms with Crippen LogP contribution in [0.2, 0.25) is 0 Å². The molecule has 2 aromatic rings. The highest BCUT2D eigenvalue weighted by atomic mass is 79.9. The summed E-state index contributed by atoms with van der Waals surface area (Å²) in [5.74, 6) is 0.297. The molecule has 2 aromatic carbocycles. The van der Waals surface area contributed by atoms with E-state index >= 15 is 0 Å². The number of anilines is 1. The van der Waals surface area contributed by atoms with Gasteiger partial charge >= 0.3 is 0 Å². The molecule has 0 bridgehead atoms. The van der Waals surface area contributed by atoms with Gasteiger partial charge in [0.05, 0.1) is 0 Å². The minimum atomic E-state index is 0.297. The second-order valence-electron chi connectivity index (χ2n) is 4.47. The standard InChI is InChI=1S/C15H16BrNO/c1-11-3-5-13(6-4-11)17(2)10-12-9-14(18)7-8-15(12)16/h3-9,18H,10H2,1-2H3. The highest BCUT2D eigenvalue weighted by Crippen LogP contribution is 2.24. The molecule has 0 amide bonds. The molecule has 3 heteroatoms. The molecule has 2 rings (SSSR count). The first-order valence-corrected chi connectivity index (χ1v) is 6.61. The zero-order valence-corrected chi connectivity index (χ0v) is 12.1. The predicted octanol–water partition coefficient (Wildman–Crippen LogP) is 4.10. The molecule has 0 saturated heterocycles. The Hall–Kier alpha value is -1.48. The summed E-state index contributed by atoms with van der Waals surface area (Å²) in [7, 11) is 2.04. The van der Waals surface area contributed by atoms with Crippen LogP contribution in [0.3, 0.4) is 0 Å². The number of rotatable bonds is 3. The quantitative estimate of drug-likeness (QED) is 0.923. The van der Waals surface area contributed by atoms with Crippen LogP contribution in [-0.2, 0) is 6.54 Å². The van der Waals surface area contributed by atoms with Gasteiger partial charge in [-0.2, -0.15) is 0 Å². The van der Waals surface area contributed by atoms with Crippen molar-refractivity contribution in [3.63, 3.8) is 0 Å². The number of hydrogen-bond acceptors (Lipinski definition) is 2. The van der Waals surface area contributed by atoms with E-state index in [1.807, 2.05) is 13.1 Å². The van der Waals surface area contributed by atoms with Gasteiger partial charge in [-0.15, -0.1) is 0 Å². The molecule has 18 heavy (non-hydrogen) atoms. The molecule has 0 heterocycles. The fraction of sp³-hybridized carbons (Fsp3) is 0.200. The Bertz CT molecular complexity index is 537. The predicted molar refractivity (Wildman–Crippen MR) is 79.1 cm³/mol. The third kappa shape index (κ3) is 3.05.